The van der Waals surface area contributed by atoms with Gasteiger partial charge >= 0.3 is 6.18 Å². The number of benzene rings is 3. The Labute approximate surface area is 190 Å². The third kappa shape index (κ3) is 4.87. The van der Waals surface area contributed by atoms with Gasteiger partial charge in [-0.1, -0.05) is 71.9 Å². The zero-order valence-corrected chi connectivity index (χ0v) is 17.9. The van der Waals surface area contributed by atoms with Crippen molar-refractivity contribution in [2.45, 2.75) is 16.5 Å². The Bertz CT molecular complexity index is 1260. The lowest BCUT2D eigenvalue weighted by atomic mass is 10.1. The van der Waals surface area contributed by atoms with Crippen LogP contribution in [0.3, 0.4) is 0 Å². The van der Waals surface area contributed by atoms with E-state index in [0.29, 0.717) is 10.6 Å². The number of hydrogen-bond acceptors (Lipinski definition) is 4. The molecule has 0 aliphatic rings. The molecule has 1 atom stereocenters. The number of amides is 1. The fraction of sp³-hybridized carbons (Fsp3) is 0.0870. The molecule has 0 saturated carbocycles. The molecular weight excluding hydrogens is 459 g/mol. The van der Waals surface area contributed by atoms with Crippen LogP contribution in [0.5, 0.6) is 0 Å². The number of rotatable bonds is 5. The maximum absolute atomic E-state index is 13.2. The number of fused-ring (bicyclic) bond motifs is 1. The van der Waals surface area contributed by atoms with Crippen molar-refractivity contribution in [3.63, 3.8) is 0 Å². The zero-order valence-electron chi connectivity index (χ0n) is 16.3. The Kier molecular flexibility index (Phi) is 6.34. The first-order valence-electron chi connectivity index (χ1n) is 9.42. The maximum Gasteiger partial charge on any atom is 0.417 e. The first kappa shape index (κ1) is 22.1. The van der Waals surface area contributed by atoms with Crippen molar-refractivity contribution in [1.82, 2.24) is 9.97 Å². The van der Waals surface area contributed by atoms with Gasteiger partial charge in [0.2, 0.25) is 5.91 Å². The van der Waals surface area contributed by atoms with E-state index in [1.807, 2.05) is 30.3 Å². The summed E-state index contributed by atoms with van der Waals surface area (Å²) in [6.07, 6.45) is -3.22. The first-order chi connectivity index (χ1) is 15.3. The first-order valence-corrected chi connectivity index (χ1v) is 10.7. The van der Waals surface area contributed by atoms with Crippen molar-refractivity contribution in [3.8, 4) is 0 Å². The normalized spacial score (nSPS) is 12.5. The van der Waals surface area contributed by atoms with Gasteiger partial charge in [-0.15, -0.1) is 0 Å². The summed E-state index contributed by atoms with van der Waals surface area (Å²) in [5, 5.41) is 2.76. The van der Waals surface area contributed by atoms with Gasteiger partial charge < -0.3 is 5.32 Å². The Balaban J connectivity index is 1.68. The molecule has 4 rings (SSSR count). The summed E-state index contributed by atoms with van der Waals surface area (Å²) in [6, 6.07) is 19.6. The molecule has 0 radical (unpaired) electrons. The average Bonchev–Trinajstić information content (AvgIpc) is 2.78. The average molecular weight is 474 g/mol. The molecule has 0 bridgehead atoms. The lowest BCUT2D eigenvalue weighted by Crippen LogP contribution is -2.19. The van der Waals surface area contributed by atoms with Gasteiger partial charge in [-0.3, -0.25) is 4.79 Å². The van der Waals surface area contributed by atoms with Gasteiger partial charge in [-0.2, -0.15) is 13.2 Å². The number of aromatic nitrogens is 2. The molecule has 4 nitrogen and oxygen atoms in total. The molecule has 1 aromatic heterocycles. The van der Waals surface area contributed by atoms with E-state index in [4.69, 9.17) is 11.6 Å². The second-order valence-electron chi connectivity index (χ2n) is 6.79. The van der Waals surface area contributed by atoms with Crippen LogP contribution in [0.2, 0.25) is 5.02 Å². The molecule has 1 heterocycles. The molecule has 32 heavy (non-hydrogen) atoms. The highest BCUT2D eigenvalue weighted by molar-refractivity contribution is 8.00. The molecule has 4 aromatic rings. The van der Waals surface area contributed by atoms with E-state index in [-0.39, 0.29) is 5.69 Å². The summed E-state index contributed by atoms with van der Waals surface area (Å²) in [5.41, 5.74) is 0.399. The monoisotopic (exact) mass is 473 g/mol. The van der Waals surface area contributed by atoms with Crippen LogP contribution in [0.25, 0.3) is 10.9 Å². The number of alkyl halides is 3. The molecular formula is C23H15ClF3N3OS. The highest BCUT2D eigenvalue weighted by Gasteiger charge is 2.34. The van der Waals surface area contributed by atoms with Crippen LogP contribution in [-0.4, -0.2) is 15.9 Å². The molecule has 0 unspecified atom stereocenters. The number of nitrogens with zero attached hydrogens (tertiary/aromatic N) is 2. The summed E-state index contributed by atoms with van der Waals surface area (Å²) < 4.78 is 39.6. The number of nitrogens with one attached hydrogen (secondary N) is 1. The maximum atomic E-state index is 13.2. The molecule has 0 aliphatic heterocycles. The standard InChI is InChI=1S/C23H15ClF3N3OS/c24-18-11-10-15(12-17(18)23(25,26)27)30-21(31)20(14-6-2-1-3-7-14)32-22-16-8-4-5-9-19(16)28-13-29-22/h1-13,20H,(H,30,31)/t20-/m0/s1. The van der Waals surface area contributed by atoms with Gasteiger partial charge in [0.1, 0.15) is 16.6 Å². The predicted molar refractivity (Wildman–Crippen MR) is 120 cm³/mol. The van der Waals surface area contributed by atoms with E-state index in [1.54, 1.807) is 24.3 Å². The van der Waals surface area contributed by atoms with Gasteiger partial charge in [0.15, 0.2) is 0 Å². The van der Waals surface area contributed by atoms with Crippen molar-refractivity contribution < 1.29 is 18.0 Å². The van der Waals surface area contributed by atoms with Crippen LogP contribution in [0.15, 0.2) is 84.1 Å². The number of anilines is 1. The zero-order chi connectivity index (χ0) is 22.7. The summed E-state index contributed by atoms with van der Waals surface area (Å²) in [4.78, 5) is 21.8. The minimum absolute atomic E-state index is 0.000742. The van der Waals surface area contributed by atoms with Crippen LogP contribution in [0, 0.1) is 0 Å². The van der Waals surface area contributed by atoms with Gasteiger partial charge in [-0.25, -0.2) is 9.97 Å². The highest BCUT2D eigenvalue weighted by Crippen LogP contribution is 2.39. The number of carbonyl (C=O) groups excluding carboxylic acids is 1. The van der Waals surface area contributed by atoms with E-state index < -0.39 is 27.9 Å². The van der Waals surface area contributed by atoms with Crippen LogP contribution in [0.4, 0.5) is 18.9 Å². The summed E-state index contributed by atoms with van der Waals surface area (Å²) in [5.74, 6) is -0.487. The fourth-order valence-electron chi connectivity index (χ4n) is 3.11. The number of thioether (sulfide) groups is 1. The van der Waals surface area contributed by atoms with Crippen molar-refractivity contribution in [2.24, 2.45) is 0 Å². The van der Waals surface area contributed by atoms with E-state index in [1.165, 1.54) is 24.2 Å². The predicted octanol–water partition coefficient (Wildman–Crippen LogP) is 6.77. The van der Waals surface area contributed by atoms with Crippen molar-refractivity contribution >= 4 is 45.9 Å². The molecule has 0 aliphatic carbocycles. The third-order valence-corrected chi connectivity index (χ3v) is 6.22. The Morgan fingerprint density at radius 2 is 1.69 bits per heavy atom. The number of carbonyl (C=O) groups is 1. The summed E-state index contributed by atoms with van der Waals surface area (Å²) in [6.45, 7) is 0. The van der Waals surface area contributed by atoms with Crippen LogP contribution >= 0.6 is 23.4 Å². The van der Waals surface area contributed by atoms with Gasteiger partial charge in [-0.05, 0) is 29.8 Å². The summed E-state index contributed by atoms with van der Waals surface area (Å²) >= 11 is 6.89. The van der Waals surface area contributed by atoms with Gasteiger partial charge in [0, 0.05) is 11.1 Å². The smallest absolute Gasteiger partial charge is 0.325 e. The minimum atomic E-state index is -4.63. The van der Waals surface area contributed by atoms with Gasteiger partial charge in [0.05, 0.1) is 16.1 Å². The molecule has 0 fully saturated rings. The number of para-hydroxylation sites is 1. The lowest BCUT2D eigenvalue weighted by molar-refractivity contribution is -0.137. The van der Waals surface area contributed by atoms with Crippen molar-refractivity contribution in [1.29, 1.82) is 0 Å². The second kappa shape index (κ2) is 9.18. The number of halogens is 4. The van der Waals surface area contributed by atoms with E-state index in [0.717, 1.165) is 23.0 Å². The lowest BCUT2D eigenvalue weighted by Gasteiger charge is -2.18. The quantitative estimate of drug-likeness (QED) is 0.256. The third-order valence-electron chi connectivity index (χ3n) is 4.62. The molecule has 0 saturated heterocycles. The fourth-order valence-corrected chi connectivity index (χ4v) is 4.43. The topological polar surface area (TPSA) is 54.9 Å². The SMILES string of the molecule is O=C(Nc1ccc(Cl)c(C(F)(F)F)c1)[C@@H](Sc1ncnc2ccccc12)c1ccccc1. The number of hydrogen-bond donors (Lipinski definition) is 1. The van der Waals surface area contributed by atoms with Crippen LogP contribution < -0.4 is 5.32 Å². The van der Waals surface area contributed by atoms with E-state index in [9.17, 15) is 18.0 Å². The van der Waals surface area contributed by atoms with E-state index >= 15 is 0 Å². The minimum Gasteiger partial charge on any atom is -0.325 e. The van der Waals surface area contributed by atoms with E-state index in [2.05, 4.69) is 15.3 Å². The molecule has 1 N–H and O–H groups in total. The highest BCUT2D eigenvalue weighted by atomic mass is 35.5. The van der Waals surface area contributed by atoms with Crippen LogP contribution in [0.1, 0.15) is 16.4 Å². The largest absolute Gasteiger partial charge is 0.417 e. The second-order valence-corrected chi connectivity index (χ2v) is 8.29. The Morgan fingerprint density at radius 1 is 0.969 bits per heavy atom. The molecule has 1 amide bonds. The molecule has 162 valence electrons. The molecule has 3 aromatic carbocycles. The van der Waals surface area contributed by atoms with Crippen molar-refractivity contribution in [3.05, 3.63) is 95.3 Å². The van der Waals surface area contributed by atoms with Gasteiger partial charge in [0.25, 0.3) is 0 Å². The molecule has 0 spiro atoms. The molecule has 9 heteroatoms. The summed E-state index contributed by atoms with van der Waals surface area (Å²) in [7, 11) is 0. The van der Waals surface area contributed by atoms with Crippen LogP contribution in [-0.2, 0) is 11.0 Å². The van der Waals surface area contributed by atoms with Crippen molar-refractivity contribution in [2.75, 3.05) is 5.32 Å². The Morgan fingerprint density at radius 3 is 2.44 bits per heavy atom. The Hall–Kier alpha value is -3.10.